The molecule has 0 aliphatic carbocycles. The predicted molar refractivity (Wildman–Crippen MR) is 60.3 cm³/mol. The molecule has 0 aliphatic rings. The molecule has 2 N–H and O–H groups in total. The van der Waals surface area contributed by atoms with Gasteiger partial charge in [0.15, 0.2) is 5.60 Å². The van der Waals surface area contributed by atoms with E-state index in [4.69, 9.17) is 4.42 Å². The Kier molecular flexibility index (Phi) is 4.25. The highest BCUT2D eigenvalue weighted by Gasteiger charge is 2.31. The molecule has 0 aromatic carbocycles. The van der Waals surface area contributed by atoms with Crippen LogP contribution in [0.2, 0.25) is 0 Å². The van der Waals surface area contributed by atoms with Crippen LogP contribution in [0.1, 0.15) is 31.5 Å². The highest BCUT2D eigenvalue weighted by atomic mass is 16.5. The van der Waals surface area contributed by atoms with Crippen molar-refractivity contribution >= 4 is 5.97 Å². The van der Waals surface area contributed by atoms with Crippen molar-refractivity contribution in [1.82, 2.24) is 10.3 Å². The van der Waals surface area contributed by atoms with Crippen LogP contribution in [-0.2, 0) is 9.53 Å². The minimum absolute atomic E-state index is 0.0578. The van der Waals surface area contributed by atoms with E-state index in [9.17, 15) is 9.90 Å². The highest BCUT2D eigenvalue weighted by molar-refractivity contribution is 5.78. The molecule has 96 valence electrons. The summed E-state index contributed by atoms with van der Waals surface area (Å²) in [4.78, 5) is 15.3. The van der Waals surface area contributed by atoms with Gasteiger partial charge in [0.05, 0.1) is 19.3 Å². The van der Waals surface area contributed by atoms with E-state index in [0.29, 0.717) is 11.7 Å². The molecule has 17 heavy (non-hydrogen) atoms. The fourth-order valence-corrected chi connectivity index (χ4v) is 1.30. The number of esters is 1. The lowest BCUT2D eigenvalue weighted by Gasteiger charge is -2.22. The maximum Gasteiger partial charge on any atom is 0.338 e. The average Bonchev–Trinajstić information content (AvgIpc) is 2.71. The summed E-state index contributed by atoms with van der Waals surface area (Å²) < 4.78 is 9.82. The number of methoxy groups -OCH3 is 1. The predicted octanol–water partition coefficient (Wildman–Crippen LogP) is 0.558. The second-order valence-corrected chi connectivity index (χ2v) is 4.18. The maximum atomic E-state index is 11.2. The number of nitrogens with one attached hydrogen (secondary N) is 1. The van der Waals surface area contributed by atoms with Gasteiger partial charge in [-0.05, 0) is 20.8 Å². The smallest absolute Gasteiger partial charge is 0.338 e. The van der Waals surface area contributed by atoms with Crippen molar-refractivity contribution in [1.29, 1.82) is 0 Å². The van der Waals surface area contributed by atoms with Crippen LogP contribution in [0.15, 0.2) is 10.6 Å². The zero-order valence-electron chi connectivity index (χ0n) is 10.5. The SMILES string of the molecule is COC(=O)C(C)(O)CNC(C)c1ncc(C)o1. The third-order valence-electron chi connectivity index (χ3n) is 2.39. The third kappa shape index (κ3) is 3.54. The van der Waals surface area contributed by atoms with Gasteiger partial charge >= 0.3 is 5.97 Å². The molecule has 0 amide bonds. The van der Waals surface area contributed by atoms with Gasteiger partial charge in [-0.25, -0.2) is 9.78 Å². The van der Waals surface area contributed by atoms with Gasteiger partial charge in [-0.2, -0.15) is 0 Å². The molecule has 1 aromatic heterocycles. The number of aromatic nitrogens is 1. The van der Waals surface area contributed by atoms with Crippen LogP contribution >= 0.6 is 0 Å². The normalized spacial score (nSPS) is 16.3. The molecule has 1 heterocycles. The highest BCUT2D eigenvalue weighted by Crippen LogP contribution is 2.13. The molecule has 1 rings (SSSR count). The zero-order valence-corrected chi connectivity index (χ0v) is 10.5. The lowest BCUT2D eigenvalue weighted by molar-refractivity contribution is -0.160. The Morgan fingerprint density at radius 1 is 1.76 bits per heavy atom. The monoisotopic (exact) mass is 242 g/mol. The standard InChI is InChI=1S/C11H18N2O4/c1-7-5-12-9(17-7)8(2)13-6-11(3,15)10(14)16-4/h5,8,13,15H,6H2,1-4H3. The Labute approximate surface area is 100.0 Å². The summed E-state index contributed by atoms with van der Waals surface area (Å²) in [5.41, 5.74) is -1.56. The number of hydrogen-bond donors (Lipinski definition) is 2. The topological polar surface area (TPSA) is 84.6 Å². The van der Waals surface area contributed by atoms with Crippen LogP contribution in [0, 0.1) is 6.92 Å². The number of aliphatic hydroxyl groups is 1. The van der Waals surface area contributed by atoms with E-state index in [1.807, 2.05) is 6.92 Å². The molecule has 2 atom stereocenters. The van der Waals surface area contributed by atoms with E-state index < -0.39 is 11.6 Å². The molecule has 0 bridgehead atoms. The van der Waals surface area contributed by atoms with E-state index >= 15 is 0 Å². The third-order valence-corrected chi connectivity index (χ3v) is 2.39. The Morgan fingerprint density at radius 2 is 2.41 bits per heavy atom. The van der Waals surface area contributed by atoms with Crippen molar-refractivity contribution in [2.45, 2.75) is 32.4 Å². The Balaban J connectivity index is 2.53. The molecule has 0 saturated carbocycles. The summed E-state index contributed by atoms with van der Waals surface area (Å²) in [6, 6.07) is -0.195. The summed E-state index contributed by atoms with van der Waals surface area (Å²) in [7, 11) is 1.23. The van der Waals surface area contributed by atoms with Crippen LogP contribution in [0.5, 0.6) is 0 Å². The Morgan fingerprint density at radius 3 is 2.88 bits per heavy atom. The van der Waals surface area contributed by atoms with Crippen molar-refractivity contribution in [2.75, 3.05) is 13.7 Å². The second kappa shape index (κ2) is 5.29. The van der Waals surface area contributed by atoms with Crippen LogP contribution in [0.3, 0.4) is 0 Å². The molecule has 6 nitrogen and oxygen atoms in total. The second-order valence-electron chi connectivity index (χ2n) is 4.18. The van der Waals surface area contributed by atoms with Crippen molar-refractivity contribution in [3.63, 3.8) is 0 Å². The van der Waals surface area contributed by atoms with Crippen LogP contribution < -0.4 is 5.32 Å². The van der Waals surface area contributed by atoms with E-state index in [1.54, 1.807) is 13.1 Å². The fraction of sp³-hybridized carbons (Fsp3) is 0.636. The molecule has 0 fully saturated rings. The number of carbonyl (C=O) groups excluding carboxylic acids is 1. The molecule has 0 saturated heterocycles. The molecule has 6 heteroatoms. The first-order valence-corrected chi connectivity index (χ1v) is 5.33. The van der Waals surface area contributed by atoms with Gasteiger partial charge < -0.3 is 19.6 Å². The minimum Gasteiger partial charge on any atom is -0.467 e. The summed E-state index contributed by atoms with van der Waals surface area (Å²) >= 11 is 0. The number of ether oxygens (including phenoxy) is 1. The lowest BCUT2D eigenvalue weighted by Crippen LogP contribution is -2.46. The molecule has 2 unspecified atom stereocenters. The van der Waals surface area contributed by atoms with Gasteiger partial charge in [0.2, 0.25) is 5.89 Å². The number of nitrogens with zero attached hydrogens (tertiary/aromatic N) is 1. The van der Waals surface area contributed by atoms with E-state index in [0.717, 1.165) is 0 Å². The summed E-state index contributed by atoms with van der Waals surface area (Å²) in [5, 5.41) is 12.8. The van der Waals surface area contributed by atoms with Crippen LogP contribution in [0.4, 0.5) is 0 Å². The van der Waals surface area contributed by atoms with Gasteiger partial charge in [-0.3, -0.25) is 0 Å². The number of hydrogen-bond acceptors (Lipinski definition) is 6. The van der Waals surface area contributed by atoms with Gasteiger partial charge in [0.25, 0.3) is 0 Å². The van der Waals surface area contributed by atoms with E-state index in [-0.39, 0.29) is 12.6 Å². The van der Waals surface area contributed by atoms with Gasteiger partial charge in [0, 0.05) is 6.54 Å². The first-order chi connectivity index (χ1) is 7.86. The Bertz CT molecular complexity index is 387. The summed E-state index contributed by atoms with van der Waals surface area (Å²) in [6.45, 7) is 5.08. The largest absolute Gasteiger partial charge is 0.467 e. The first kappa shape index (κ1) is 13.7. The molecule has 1 aromatic rings. The summed E-state index contributed by atoms with van der Waals surface area (Å²) in [5.74, 6) is 0.553. The number of carbonyl (C=O) groups is 1. The van der Waals surface area contributed by atoms with Crippen LogP contribution in [-0.4, -0.2) is 35.3 Å². The zero-order chi connectivity index (χ0) is 13.1. The van der Waals surface area contributed by atoms with E-state index in [1.165, 1.54) is 14.0 Å². The Hall–Kier alpha value is -1.40. The first-order valence-electron chi connectivity index (χ1n) is 5.33. The molecule has 0 aliphatic heterocycles. The number of oxazole rings is 1. The molecule has 0 radical (unpaired) electrons. The maximum absolute atomic E-state index is 11.2. The molecular formula is C11H18N2O4. The lowest BCUT2D eigenvalue weighted by atomic mass is 10.1. The van der Waals surface area contributed by atoms with Crippen molar-refractivity contribution < 1.29 is 19.1 Å². The van der Waals surface area contributed by atoms with Crippen LogP contribution in [0.25, 0.3) is 0 Å². The minimum atomic E-state index is -1.56. The summed E-state index contributed by atoms with van der Waals surface area (Å²) in [6.07, 6.45) is 1.62. The van der Waals surface area contributed by atoms with Crippen molar-refractivity contribution in [2.24, 2.45) is 0 Å². The average molecular weight is 242 g/mol. The van der Waals surface area contributed by atoms with Gasteiger partial charge in [-0.15, -0.1) is 0 Å². The van der Waals surface area contributed by atoms with Crippen molar-refractivity contribution in [3.05, 3.63) is 17.8 Å². The quantitative estimate of drug-likeness (QED) is 0.734. The molecular weight excluding hydrogens is 224 g/mol. The fourth-order valence-electron chi connectivity index (χ4n) is 1.30. The van der Waals surface area contributed by atoms with Gasteiger partial charge in [0.1, 0.15) is 5.76 Å². The van der Waals surface area contributed by atoms with E-state index in [2.05, 4.69) is 15.0 Å². The van der Waals surface area contributed by atoms with Crippen molar-refractivity contribution in [3.8, 4) is 0 Å². The molecule has 0 spiro atoms. The number of rotatable bonds is 5. The van der Waals surface area contributed by atoms with Gasteiger partial charge in [-0.1, -0.05) is 0 Å². The number of aryl methyl sites for hydroxylation is 1.